The SMILES string of the molecule is CCCN(c1cc(C(F)(F)F)cc(C(=O)OC)c1C)C1CCN(C)CC1. The summed E-state index contributed by atoms with van der Waals surface area (Å²) in [5.74, 6) is -0.741. The molecule has 1 aliphatic heterocycles. The number of hydrogen-bond donors (Lipinski definition) is 0. The normalized spacial score (nSPS) is 16.6. The van der Waals surface area contributed by atoms with E-state index in [2.05, 4.69) is 4.90 Å². The molecule has 0 atom stereocenters. The van der Waals surface area contributed by atoms with Crippen LogP contribution in [0.4, 0.5) is 18.9 Å². The van der Waals surface area contributed by atoms with Gasteiger partial charge in [0.2, 0.25) is 0 Å². The fourth-order valence-electron chi connectivity index (χ4n) is 3.53. The first-order valence-electron chi connectivity index (χ1n) is 8.94. The molecule has 1 aliphatic rings. The molecular weight excluding hydrogens is 345 g/mol. The molecule has 1 fully saturated rings. The van der Waals surface area contributed by atoms with Crippen molar-refractivity contribution in [2.75, 3.05) is 38.7 Å². The van der Waals surface area contributed by atoms with Crippen LogP contribution in [-0.4, -0.2) is 50.7 Å². The maximum Gasteiger partial charge on any atom is 0.416 e. The molecule has 0 bridgehead atoms. The Hall–Kier alpha value is -1.76. The van der Waals surface area contributed by atoms with Gasteiger partial charge < -0.3 is 14.5 Å². The van der Waals surface area contributed by atoms with Crippen LogP contribution in [0.25, 0.3) is 0 Å². The summed E-state index contributed by atoms with van der Waals surface area (Å²) in [6.45, 7) is 6.17. The summed E-state index contributed by atoms with van der Waals surface area (Å²) < 4.78 is 44.9. The number of anilines is 1. The minimum atomic E-state index is -4.52. The minimum absolute atomic E-state index is 0.0219. The maximum atomic E-state index is 13.4. The van der Waals surface area contributed by atoms with Crippen LogP contribution in [0.5, 0.6) is 0 Å². The number of carbonyl (C=O) groups is 1. The zero-order chi connectivity index (χ0) is 19.5. The maximum absolute atomic E-state index is 13.4. The highest BCUT2D eigenvalue weighted by molar-refractivity contribution is 5.93. The monoisotopic (exact) mass is 372 g/mol. The summed E-state index contributed by atoms with van der Waals surface area (Å²) in [5, 5.41) is 0. The predicted octanol–water partition coefficient (Wildman–Crippen LogP) is 4.11. The van der Waals surface area contributed by atoms with Gasteiger partial charge in [0.05, 0.1) is 18.2 Å². The van der Waals surface area contributed by atoms with Gasteiger partial charge in [-0.15, -0.1) is 0 Å². The van der Waals surface area contributed by atoms with Crippen LogP contribution >= 0.6 is 0 Å². The second-order valence-corrected chi connectivity index (χ2v) is 6.89. The standard InChI is InChI=1S/C19H27F3N2O2/c1-5-8-24(15-6-9-23(3)10-7-15)17-12-14(19(20,21)22)11-16(13(17)2)18(25)26-4/h11-12,15H,5-10H2,1-4H3. The molecule has 0 aromatic heterocycles. The predicted molar refractivity (Wildman–Crippen MR) is 95.7 cm³/mol. The lowest BCUT2D eigenvalue weighted by molar-refractivity contribution is -0.137. The quantitative estimate of drug-likeness (QED) is 0.728. The van der Waals surface area contributed by atoms with Crippen molar-refractivity contribution in [3.8, 4) is 0 Å². The number of nitrogens with zero attached hydrogens (tertiary/aromatic N) is 2. The highest BCUT2D eigenvalue weighted by atomic mass is 19.4. The number of methoxy groups -OCH3 is 1. The van der Waals surface area contributed by atoms with Gasteiger partial charge in [-0.05, 0) is 64.0 Å². The van der Waals surface area contributed by atoms with Crippen molar-refractivity contribution in [3.05, 3.63) is 28.8 Å². The van der Waals surface area contributed by atoms with Crippen molar-refractivity contribution in [1.29, 1.82) is 0 Å². The highest BCUT2D eigenvalue weighted by Gasteiger charge is 2.34. The molecule has 1 aromatic carbocycles. The lowest BCUT2D eigenvalue weighted by Crippen LogP contribution is -2.44. The topological polar surface area (TPSA) is 32.8 Å². The average Bonchev–Trinajstić information content (AvgIpc) is 2.59. The Labute approximate surface area is 152 Å². The number of likely N-dealkylation sites (tertiary alicyclic amines) is 1. The van der Waals surface area contributed by atoms with Crippen molar-refractivity contribution in [2.24, 2.45) is 0 Å². The number of ether oxygens (including phenoxy) is 1. The van der Waals surface area contributed by atoms with E-state index >= 15 is 0 Å². The van der Waals surface area contributed by atoms with E-state index in [9.17, 15) is 18.0 Å². The lowest BCUT2D eigenvalue weighted by Gasteiger charge is -2.40. The van der Waals surface area contributed by atoms with Gasteiger partial charge in [0.25, 0.3) is 0 Å². The van der Waals surface area contributed by atoms with Gasteiger partial charge in [0.1, 0.15) is 0 Å². The van der Waals surface area contributed by atoms with Gasteiger partial charge >= 0.3 is 12.1 Å². The van der Waals surface area contributed by atoms with E-state index in [1.165, 1.54) is 13.2 Å². The zero-order valence-corrected chi connectivity index (χ0v) is 15.8. The summed E-state index contributed by atoms with van der Waals surface area (Å²) in [6.07, 6.45) is -1.93. The molecule has 0 spiro atoms. The van der Waals surface area contributed by atoms with Gasteiger partial charge in [-0.3, -0.25) is 0 Å². The number of halogens is 3. The van der Waals surface area contributed by atoms with Gasteiger partial charge in [0, 0.05) is 18.3 Å². The van der Waals surface area contributed by atoms with Crippen LogP contribution in [0.15, 0.2) is 12.1 Å². The van der Waals surface area contributed by atoms with Gasteiger partial charge in [-0.1, -0.05) is 6.92 Å². The molecule has 26 heavy (non-hydrogen) atoms. The molecular formula is C19H27F3N2O2. The van der Waals surface area contributed by atoms with Gasteiger partial charge in [-0.25, -0.2) is 4.79 Å². The zero-order valence-electron chi connectivity index (χ0n) is 15.8. The molecule has 0 saturated carbocycles. The van der Waals surface area contributed by atoms with Crippen LogP contribution < -0.4 is 4.90 Å². The summed E-state index contributed by atoms with van der Waals surface area (Å²) in [4.78, 5) is 16.3. The molecule has 0 aliphatic carbocycles. The van der Waals surface area contributed by atoms with E-state index in [-0.39, 0.29) is 11.6 Å². The van der Waals surface area contributed by atoms with Gasteiger partial charge in [-0.2, -0.15) is 13.2 Å². The first kappa shape index (κ1) is 20.6. The number of benzene rings is 1. The van der Waals surface area contributed by atoms with E-state index in [0.717, 1.165) is 38.4 Å². The number of carbonyl (C=O) groups excluding carboxylic acids is 1. The van der Waals surface area contributed by atoms with Crippen molar-refractivity contribution in [1.82, 2.24) is 4.90 Å². The Morgan fingerprint density at radius 1 is 1.31 bits per heavy atom. The second-order valence-electron chi connectivity index (χ2n) is 6.89. The first-order chi connectivity index (χ1) is 12.2. The first-order valence-corrected chi connectivity index (χ1v) is 8.94. The van der Waals surface area contributed by atoms with E-state index in [0.29, 0.717) is 17.8 Å². The highest BCUT2D eigenvalue weighted by Crippen LogP contribution is 2.37. The lowest BCUT2D eigenvalue weighted by atomic mass is 9.97. The van der Waals surface area contributed by atoms with E-state index < -0.39 is 17.7 Å². The molecule has 1 saturated heterocycles. The Morgan fingerprint density at radius 3 is 2.42 bits per heavy atom. The summed E-state index contributed by atoms with van der Waals surface area (Å²) in [7, 11) is 3.23. The van der Waals surface area contributed by atoms with Crippen molar-refractivity contribution in [3.63, 3.8) is 0 Å². The van der Waals surface area contributed by atoms with Crippen LogP contribution in [-0.2, 0) is 10.9 Å². The van der Waals surface area contributed by atoms with Crippen LogP contribution in [0.3, 0.4) is 0 Å². The Bertz CT molecular complexity index is 638. The Balaban J connectivity index is 2.53. The van der Waals surface area contributed by atoms with Crippen LogP contribution in [0.1, 0.15) is 47.7 Å². The van der Waals surface area contributed by atoms with Crippen molar-refractivity contribution < 1.29 is 22.7 Å². The third kappa shape index (κ3) is 4.50. The number of esters is 1. The van der Waals surface area contributed by atoms with Gasteiger partial charge in [0.15, 0.2) is 0 Å². The number of alkyl halides is 3. The van der Waals surface area contributed by atoms with E-state index in [4.69, 9.17) is 4.74 Å². The molecule has 2 rings (SSSR count). The Morgan fingerprint density at radius 2 is 1.92 bits per heavy atom. The number of hydrogen-bond acceptors (Lipinski definition) is 4. The summed E-state index contributed by atoms with van der Waals surface area (Å²) >= 11 is 0. The molecule has 0 radical (unpaired) electrons. The summed E-state index contributed by atoms with van der Waals surface area (Å²) in [6, 6.07) is 2.23. The van der Waals surface area contributed by atoms with Crippen LogP contribution in [0.2, 0.25) is 0 Å². The molecule has 146 valence electrons. The minimum Gasteiger partial charge on any atom is -0.465 e. The van der Waals surface area contributed by atoms with Crippen LogP contribution in [0, 0.1) is 6.92 Å². The molecule has 7 heteroatoms. The summed E-state index contributed by atoms with van der Waals surface area (Å²) in [5.41, 5.74) is 0.188. The molecule has 1 aromatic rings. The van der Waals surface area contributed by atoms with Crippen molar-refractivity contribution in [2.45, 2.75) is 45.3 Å². The number of rotatable bonds is 5. The molecule has 0 amide bonds. The molecule has 0 unspecified atom stereocenters. The fourth-order valence-corrected chi connectivity index (χ4v) is 3.53. The van der Waals surface area contributed by atoms with Crippen molar-refractivity contribution >= 4 is 11.7 Å². The fraction of sp³-hybridized carbons (Fsp3) is 0.632. The Kier molecular flexibility index (Phi) is 6.55. The second kappa shape index (κ2) is 8.29. The van der Waals surface area contributed by atoms with E-state index in [1.54, 1.807) is 6.92 Å². The smallest absolute Gasteiger partial charge is 0.416 e. The number of piperidine rings is 1. The largest absolute Gasteiger partial charge is 0.465 e. The molecule has 0 N–H and O–H groups in total. The third-order valence-electron chi connectivity index (χ3n) is 5.02. The third-order valence-corrected chi connectivity index (χ3v) is 5.02. The molecule has 4 nitrogen and oxygen atoms in total. The van der Waals surface area contributed by atoms with E-state index in [1.807, 2.05) is 18.9 Å². The average molecular weight is 372 g/mol. The molecule has 1 heterocycles.